The smallest absolute Gasteiger partial charge is 0.681 e. The van der Waals surface area contributed by atoms with E-state index in [9.17, 15) is 24.6 Å². The fourth-order valence-electron chi connectivity index (χ4n) is 7.28. The van der Waals surface area contributed by atoms with Crippen LogP contribution in [0.2, 0.25) is 0 Å². The first-order chi connectivity index (χ1) is 21.3. The molecule has 1 fully saturated rings. The summed E-state index contributed by atoms with van der Waals surface area (Å²) < 4.78 is 5.10. The van der Waals surface area contributed by atoms with Crippen LogP contribution in [-0.4, -0.2) is 69.7 Å². The molecule has 8 bridgehead atoms. The SMILES string of the molecule is C=CC1=C2/C=c3\[n-]/c(c(CC)c3C)=C\c3[n-]c4c(c3C)C(=O)[C@H](C(=O)OC)/C4=C3/[N-]C(/C=C(\[N-]2)[C@]1(C)O)[C@@H](C)[C@@H]3CCC(=O)O.[Mg+2]. The van der Waals surface area contributed by atoms with Crippen LogP contribution in [-0.2, 0) is 20.7 Å². The van der Waals surface area contributed by atoms with Crippen LogP contribution in [0.25, 0.3) is 28.4 Å². The molecular formula is C35H36MgN4O6-2. The fourth-order valence-corrected chi connectivity index (χ4v) is 7.28. The largest absolute Gasteiger partial charge is 2.00 e. The standard InChI is InChI=1S/C35H38N4O6.Mg/c1-8-18-15(3)21-13-25-20(9-2)35(6,44)26(37-25)14-23-16(4)19(10-11-27(40)41)31(38-23)29-30(34(43)45-7)33(42)28-17(5)22(39-32(28)29)12-24(18)36-21;/h9,12-14,16,19,23,30,44H,2,8,10-11H2,1,3-7H3,(H3,38,39,40,41,42);/q-2;+2/p-2/b21-13-,24-12-,26-14-;/t16-,19-,23?,30+,35+;/m0./s1. The first kappa shape index (κ1) is 33.6. The van der Waals surface area contributed by atoms with Crippen LogP contribution in [0.1, 0.15) is 72.0 Å². The molecule has 10 nitrogen and oxygen atoms in total. The van der Waals surface area contributed by atoms with Crippen molar-refractivity contribution in [1.29, 1.82) is 0 Å². The van der Waals surface area contributed by atoms with Crippen molar-refractivity contribution in [1.82, 2.24) is 9.97 Å². The number of aromatic nitrogens is 2. The van der Waals surface area contributed by atoms with Crippen molar-refractivity contribution in [3.05, 3.63) is 96.4 Å². The minimum atomic E-state index is -1.48. The molecule has 3 aliphatic heterocycles. The van der Waals surface area contributed by atoms with Crippen molar-refractivity contribution in [3.63, 3.8) is 0 Å². The molecule has 1 saturated heterocycles. The molecule has 0 amide bonds. The number of Topliss-reactive ketones (excluding diaryl/α,β-unsaturated/α-hetero) is 1. The van der Waals surface area contributed by atoms with E-state index in [-0.39, 0.29) is 41.8 Å². The second-order valence-electron chi connectivity index (χ2n) is 12.3. The summed E-state index contributed by atoms with van der Waals surface area (Å²) >= 11 is 0. The van der Waals surface area contributed by atoms with Gasteiger partial charge in [-0.3, -0.25) is 14.4 Å². The molecule has 1 aliphatic carbocycles. The third-order valence-corrected chi connectivity index (χ3v) is 9.84. The summed E-state index contributed by atoms with van der Waals surface area (Å²) in [6.07, 6.45) is 7.91. The van der Waals surface area contributed by atoms with Crippen LogP contribution >= 0.6 is 0 Å². The van der Waals surface area contributed by atoms with Crippen LogP contribution in [0, 0.1) is 31.6 Å². The van der Waals surface area contributed by atoms with Gasteiger partial charge in [0.15, 0.2) is 5.78 Å². The Morgan fingerprint density at radius 3 is 2.50 bits per heavy atom. The van der Waals surface area contributed by atoms with Crippen molar-refractivity contribution in [2.75, 3.05) is 7.11 Å². The maximum Gasteiger partial charge on any atom is 2.00 e. The second kappa shape index (κ2) is 12.1. The summed E-state index contributed by atoms with van der Waals surface area (Å²) in [5.41, 5.74) is 4.69. The van der Waals surface area contributed by atoms with Gasteiger partial charge in [0.05, 0.1) is 12.7 Å². The fraction of sp³-hybridized carbons (Fsp3) is 0.400. The molecule has 2 N–H and O–H groups in total. The van der Waals surface area contributed by atoms with Crippen LogP contribution in [0.5, 0.6) is 0 Å². The number of rotatable bonds is 6. The number of nitrogens with zero attached hydrogens (tertiary/aromatic N) is 4. The Balaban J connectivity index is 0.00000417. The molecule has 5 heterocycles. The Hall–Kier alpha value is -3.80. The molecule has 0 radical (unpaired) electrons. The average Bonchev–Trinajstić information content (AvgIpc) is 3.71. The topological polar surface area (TPSA) is 157 Å². The third-order valence-electron chi connectivity index (χ3n) is 9.84. The maximum absolute atomic E-state index is 14.0. The molecule has 0 saturated carbocycles. The van der Waals surface area contributed by atoms with Crippen molar-refractivity contribution < 1.29 is 29.3 Å². The molecule has 2 aromatic heterocycles. The Morgan fingerprint density at radius 2 is 1.87 bits per heavy atom. The molecule has 6 rings (SSSR count). The van der Waals surface area contributed by atoms with E-state index in [0.29, 0.717) is 67.9 Å². The average molecular weight is 633 g/mol. The van der Waals surface area contributed by atoms with Gasteiger partial charge in [-0.25, -0.2) is 0 Å². The number of fused-ring (bicyclic) bond motifs is 7. The Labute approximate surface area is 283 Å². The van der Waals surface area contributed by atoms with Crippen molar-refractivity contribution in [2.45, 2.75) is 65.5 Å². The number of carbonyl (C=O) groups excluding carboxylic acids is 2. The van der Waals surface area contributed by atoms with E-state index in [0.717, 1.165) is 11.1 Å². The van der Waals surface area contributed by atoms with Gasteiger partial charge in [0.2, 0.25) is 0 Å². The number of aliphatic hydroxyl groups is 1. The molecule has 11 heteroatoms. The number of carboxylic acids is 1. The monoisotopic (exact) mass is 632 g/mol. The second-order valence-corrected chi connectivity index (χ2v) is 12.3. The predicted molar refractivity (Wildman–Crippen MR) is 174 cm³/mol. The van der Waals surface area contributed by atoms with Gasteiger partial charge < -0.3 is 35.6 Å². The number of ketones is 1. The van der Waals surface area contributed by atoms with Gasteiger partial charge >= 0.3 is 35.0 Å². The van der Waals surface area contributed by atoms with E-state index in [1.165, 1.54) is 7.11 Å². The quantitative estimate of drug-likeness (QED) is 0.280. The summed E-state index contributed by atoms with van der Waals surface area (Å²) in [6.45, 7) is 13.4. The van der Waals surface area contributed by atoms with Gasteiger partial charge in [0, 0.05) is 12.0 Å². The van der Waals surface area contributed by atoms with E-state index in [1.54, 1.807) is 19.1 Å². The maximum atomic E-state index is 14.0. The number of aliphatic carboxylic acids is 1. The van der Waals surface area contributed by atoms with Gasteiger partial charge in [-0.05, 0) is 51.0 Å². The number of ether oxygens (including phenoxy) is 1. The minimum Gasteiger partial charge on any atom is -0.681 e. The Morgan fingerprint density at radius 1 is 1.15 bits per heavy atom. The van der Waals surface area contributed by atoms with Crippen molar-refractivity contribution >= 4 is 58.5 Å². The number of allylic oxidation sites excluding steroid dienone is 2. The molecule has 1 unspecified atom stereocenters. The summed E-state index contributed by atoms with van der Waals surface area (Å²) in [5, 5.41) is 32.7. The van der Waals surface area contributed by atoms with E-state index < -0.39 is 41.2 Å². The molecule has 46 heavy (non-hydrogen) atoms. The number of carboxylic acid groups (broad SMARTS) is 1. The third kappa shape index (κ3) is 4.99. The van der Waals surface area contributed by atoms with Gasteiger partial charge in [-0.2, -0.15) is 5.70 Å². The van der Waals surface area contributed by atoms with Crippen molar-refractivity contribution in [3.8, 4) is 0 Å². The van der Waals surface area contributed by atoms with Gasteiger partial charge in [0.25, 0.3) is 0 Å². The van der Waals surface area contributed by atoms with E-state index >= 15 is 0 Å². The van der Waals surface area contributed by atoms with Crippen LogP contribution in [0.3, 0.4) is 0 Å². The minimum absolute atomic E-state index is 0. The first-order valence-corrected chi connectivity index (χ1v) is 15.2. The molecule has 2 aromatic rings. The summed E-state index contributed by atoms with van der Waals surface area (Å²) in [5.74, 6) is -4.02. The molecule has 4 aliphatic rings. The number of hydrogen-bond donors (Lipinski definition) is 2. The molecule has 236 valence electrons. The van der Waals surface area contributed by atoms with E-state index in [2.05, 4.69) is 6.58 Å². The molecular weight excluding hydrogens is 597 g/mol. The zero-order valence-corrected chi connectivity index (χ0v) is 28.4. The molecule has 5 atom stereocenters. The normalized spacial score (nSPS) is 30.2. The number of esters is 1. The number of hydrogen-bond acceptors (Lipinski definition) is 5. The number of methoxy groups -OCH3 is 1. The van der Waals surface area contributed by atoms with Gasteiger partial charge in [-0.1, -0.05) is 67.0 Å². The van der Waals surface area contributed by atoms with Crippen LogP contribution in [0.4, 0.5) is 0 Å². The summed E-state index contributed by atoms with van der Waals surface area (Å²) in [6, 6.07) is -0.536. The number of carbonyl (C=O) groups is 3. The van der Waals surface area contributed by atoms with Crippen LogP contribution < -0.4 is 20.7 Å². The van der Waals surface area contributed by atoms with Crippen LogP contribution in [0.15, 0.2) is 41.4 Å². The molecule has 0 spiro atoms. The molecule has 0 aromatic carbocycles. The Bertz CT molecular complexity index is 1910. The first-order valence-electron chi connectivity index (χ1n) is 15.2. The van der Waals surface area contributed by atoms with E-state index in [1.807, 2.05) is 39.8 Å². The van der Waals surface area contributed by atoms with E-state index in [4.69, 9.17) is 25.3 Å². The predicted octanol–water partition coefficient (Wildman–Crippen LogP) is 3.05. The zero-order valence-electron chi connectivity index (χ0n) is 27.0. The van der Waals surface area contributed by atoms with Crippen molar-refractivity contribution in [2.24, 2.45) is 17.8 Å². The van der Waals surface area contributed by atoms with Gasteiger partial charge in [-0.15, -0.1) is 39.6 Å². The zero-order chi connectivity index (χ0) is 32.5. The summed E-state index contributed by atoms with van der Waals surface area (Å²) in [4.78, 5) is 48.8. The van der Waals surface area contributed by atoms with Gasteiger partial charge in [0.1, 0.15) is 5.92 Å². The summed E-state index contributed by atoms with van der Waals surface area (Å²) in [7, 11) is 1.23. The Kier molecular flexibility index (Phi) is 8.82.